The van der Waals surface area contributed by atoms with E-state index < -0.39 is 0 Å². The first-order chi connectivity index (χ1) is 7.72. The van der Waals surface area contributed by atoms with Crippen LogP contribution < -0.4 is 5.32 Å². The zero-order valence-corrected chi connectivity index (χ0v) is 12.3. The Labute approximate surface area is 111 Å². The van der Waals surface area contributed by atoms with Crippen molar-refractivity contribution >= 4 is 33.4 Å². The maximum atomic E-state index is 3.46. The molecule has 16 heavy (non-hydrogen) atoms. The summed E-state index contributed by atoms with van der Waals surface area (Å²) in [7, 11) is 2.17. The average Bonchev–Trinajstić information content (AvgIpc) is 2.26. The van der Waals surface area contributed by atoms with Gasteiger partial charge in [0.1, 0.15) is 0 Å². The van der Waals surface area contributed by atoms with Crippen molar-refractivity contribution in [2.24, 2.45) is 0 Å². The number of nitrogens with one attached hydrogen (secondary N) is 1. The van der Waals surface area contributed by atoms with Crippen LogP contribution in [0.25, 0.3) is 0 Å². The summed E-state index contributed by atoms with van der Waals surface area (Å²) < 4.78 is 1.12. The van der Waals surface area contributed by atoms with E-state index >= 15 is 0 Å². The normalized spacial score (nSPS) is 10.8. The van der Waals surface area contributed by atoms with E-state index in [2.05, 4.69) is 51.6 Å². The molecule has 0 unspecified atom stereocenters. The van der Waals surface area contributed by atoms with E-state index in [1.807, 2.05) is 23.9 Å². The van der Waals surface area contributed by atoms with Crippen molar-refractivity contribution in [1.82, 2.24) is 4.90 Å². The van der Waals surface area contributed by atoms with Crippen molar-refractivity contribution in [3.63, 3.8) is 0 Å². The third-order valence-corrected chi connectivity index (χ3v) is 3.41. The maximum absolute atomic E-state index is 3.46. The van der Waals surface area contributed by atoms with Gasteiger partial charge in [0.2, 0.25) is 0 Å². The van der Waals surface area contributed by atoms with Crippen LogP contribution in [-0.2, 0) is 0 Å². The molecule has 0 radical (unpaired) electrons. The van der Waals surface area contributed by atoms with E-state index in [0.717, 1.165) is 24.1 Å². The number of rotatable bonds is 7. The zero-order valence-electron chi connectivity index (χ0n) is 9.87. The quantitative estimate of drug-likeness (QED) is 0.833. The van der Waals surface area contributed by atoms with Crippen molar-refractivity contribution in [3.8, 4) is 0 Å². The van der Waals surface area contributed by atoms with Crippen molar-refractivity contribution in [2.45, 2.75) is 0 Å². The molecule has 0 fully saturated rings. The summed E-state index contributed by atoms with van der Waals surface area (Å²) in [5.41, 5.74) is 1.17. The van der Waals surface area contributed by atoms with Gasteiger partial charge in [-0.1, -0.05) is 22.0 Å². The van der Waals surface area contributed by atoms with Crippen LogP contribution in [0.15, 0.2) is 28.7 Å². The number of hydrogen-bond donors (Lipinski definition) is 1. The van der Waals surface area contributed by atoms with Crippen LogP contribution in [0.5, 0.6) is 0 Å². The molecule has 0 aromatic heterocycles. The summed E-state index contributed by atoms with van der Waals surface area (Å²) in [6, 6.07) is 8.27. The van der Waals surface area contributed by atoms with Crippen molar-refractivity contribution in [1.29, 1.82) is 0 Å². The third-order valence-electron chi connectivity index (χ3n) is 2.32. The molecule has 0 aliphatic heterocycles. The highest BCUT2D eigenvalue weighted by molar-refractivity contribution is 9.10. The molecule has 0 bridgehead atoms. The lowest BCUT2D eigenvalue weighted by Crippen LogP contribution is -2.27. The lowest BCUT2D eigenvalue weighted by atomic mass is 10.3. The highest BCUT2D eigenvalue weighted by atomic mass is 79.9. The summed E-state index contributed by atoms with van der Waals surface area (Å²) in [4.78, 5) is 2.35. The van der Waals surface area contributed by atoms with E-state index in [0.29, 0.717) is 0 Å². The molecule has 0 atom stereocenters. The van der Waals surface area contributed by atoms with Gasteiger partial charge >= 0.3 is 0 Å². The predicted octanol–water partition coefficient (Wildman–Crippen LogP) is 3.16. The monoisotopic (exact) mass is 302 g/mol. The second-order valence-electron chi connectivity index (χ2n) is 3.73. The molecule has 1 N–H and O–H groups in total. The SMILES string of the molecule is CSCCN(C)CCNc1cccc(Br)c1. The molecule has 0 spiro atoms. The molecule has 0 aliphatic carbocycles. The Morgan fingerprint density at radius 1 is 1.38 bits per heavy atom. The number of benzene rings is 1. The van der Waals surface area contributed by atoms with E-state index in [1.165, 1.54) is 11.4 Å². The number of halogens is 1. The van der Waals surface area contributed by atoms with Crippen LogP contribution >= 0.6 is 27.7 Å². The van der Waals surface area contributed by atoms with Gasteiger partial charge in [0, 0.05) is 35.5 Å². The summed E-state index contributed by atoms with van der Waals surface area (Å²) >= 11 is 5.36. The van der Waals surface area contributed by atoms with Gasteiger partial charge in [-0.3, -0.25) is 0 Å². The molecular weight excluding hydrogens is 284 g/mol. The molecule has 0 saturated carbocycles. The number of anilines is 1. The summed E-state index contributed by atoms with van der Waals surface area (Å²) in [5, 5.41) is 3.41. The van der Waals surface area contributed by atoms with Crippen LogP contribution in [0.1, 0.15) is 0 Å². The van der Waals surface area contributed by atoms with E-state index in [-0.39, 0.29) is 0 Å². The van der Waals surface area contributed by atoms with Gasteiger partial charge in [-0.2, -0.15) is 11.8 Å². The standard InChI is InChI=1S/C12H19BrN2S/c1-15(8-9-16-2)7-6-14-12-5-3-4-11(13)10-12/h3-5,10,14H,6-9H2,1-2H3. The fourth-order valence-corrected chi connectivity index (χ4v) is 2.24. The Hall–Kier alpha value is -0.190. The molecule has 0 amide bonds. The third kappa shape index (κ3) is 5.77. The average molecular weight is 303 g/mol. The van der Waals surface area contributed by atoms with Gasteiger partial charge in [-0.05, 0) is 31.5 Å². The van der Waals surface area contributed by atoms with Gasteiger partial charge in [0.15, 0.2) is 0 Å². The van der Waals surface area contributed by atoms with Gasteiger partial charge in [-0.15, -0.1) is 0 Å². The Morgan fingerprint density at radius 3 is 2.88 bits per heavy atom. The largest absolute Gasteiger partial charge is 0.384 e. The van der Waals surface area contributed by atoms with Crippen LogP contribution in [0.2, 0.25) is 0 Å². The second kappa shape index (κ2) is 7.98. The van der Waals surface area contributed by atoms with Crippen molar-refractivity contribution in [2.75, 3.05) is 44.0 Å². The zero-order chi connectivity index (χ0) is 11.8. The predicted molar refractivity (Wildman–Crippen MR) is 78.5 cm³/mol. The first-order valence-electron chi connectivity index (χ1n) is 5.39. The van der Waals surface area contributed by atoms with Crippen molar-refractivity contribution < 1.29 is 0 Å². The topological polar surface area (TPSA) is 15.3 Å². The molecule has 4 heteroatoms. The van der Waals surface area contributed by atoms with E-state index in [4.69, 9.17) is 0 Å². The molecular formula is C12H19BrN2S. The van der Waals surface area contributed by atoms with Crippen LogP contribution in [-0.4, -0.2) is 43.6 Å². The number of likely N-dealkylation sites (N-methyl/N-ethyl adjacent to an activating group) is 1. The molecule has 1 aromatic carbocycles. The Morgan fingerprint density at radius 2 is 2.19 bits per heavy atom. The molecule has 90 valence electrons. The minimum Gasteiger partial charge on any atom is -0.384 e. The van der Waals surface area contributed by atoms with Gasteiger partial charge in [0.25, 0.3) is 0 Å². The van der Waals surface area contributed by atoms with Crippen LogP contribution in [0, 0.1) is 0 Å². The minimum atomic E-state index is 0.987. The fraction of sp³-hybridized carbons (Fsp3) is 0.500. The highest BCUT2D eigenvalue weighted by Gasteiger charge is 1.97. The second-order valence-corrected chi connectivity index (χ2v) is 5.63. The highest BCUT2D eigenvalue weighted by Crippen LogP contribution is 2.15. The van der Waals surface area contributed by atoms with E-state index in [1.54, 1.807) is 0 Å². The Bertz CT molecular complexity index is 307. The molecule has 0 aliphatic rings. The summed E-state index contributed by atoms with van der Waals surface area (Å²) in [6.07, 6.45) is 2.15. The molecule has 0 heterocycles. The lowest BCUT2D eigenvalue weighted by Gasteiger charge is -2.16. The van der Waals surface area contributed by atoms with Gasteiger partial charge in [-0.25, -0.2) is 0 Å². The van der Waals surface area contributed by atoms with Gasteiger partial charge < -0.3 is 10.2 Å². The number of nitrogens with zero attached hydrogens (tertiary/aromatic N) is 1. The summed E-state index contributed by atoms with van der Waals surface area (Å²) in [5.74, 6) is 1.20. The minimum absolute atomic E-state index is 0.987. The molecule has 1 aromatic rings. The molecule has 2 nitrogen and oxygen atoms in total. The maximum Gasteiger partial charge on any atom is 0.0351 e. The first-order valence-corrected chi connectivity index (χ1v) is 7.58. The Kier molecular flexibility index (Phi) is 6.92. The van der Waals surface area contributed by atoms with E-state index in [9.17, 15) is 0 Å². The summed E-state index contributed by atoms with van der Waals surface area (Å²) in [6.45, 7) is 3.22. The Balaban J connectivity index is 2.20. The number of hydrogen-bond acceptors (Lipinski definition) is 3. The smallest absolute Gasteiger partial charge is 0.0351 e. The van der Waals surface area contributed by atoms with Gasteiger partial charge in [0.05, 0.1) is 0 Å². The number of thioether (sulfide) groups is 1. The lowest BCUT2D eigenvalue weighted by molar-refractivity contribution is 0.370. The molecule has 0 saturated heterocycles. The molecule has 1 rings (SSSR count). The van der Waals surface area contributed by atoms with Crippen LogP contribution in [0.4, 0.5) is 5.69 Å². The first kappa shape index (κ1) is 13.9. The fourth-order valence-electron chi connectivity index (χ4n) is 1.35. The van der Waals surface area contributed by atoms with Crippen molar-refractivity contribution in [3.05, 3.63) is 28.7 Å². The van der Waals surface area contributed by atoms with Crippen LogP contribution in [0.3, 0.4) is 0 Å².